The molecule has 0 radical (unpaired) electrons. The number of carbonyl (C=O) groups excluding carboxylic acids is 1. The molecule has 1 aromatic carbocycles. The first-order chi connectivity index (χ1) is 11.4. The summed E-state index contributed by atoms with van der Waals surface area (Å²) in [6.45, 7) is 1.39. The number of hydrogen-bond donors (Lipinski definition) is 1. The maximum absolute atomic E-state index is 12.6. The highest BCUT2D eigenvalue weighted by atomic mass is 35.5. The van der Waals surface area contributed by atoms with Gasteiger partial charge < -0.3 is 14.6 Å². The van der Waals surface area contributed by atoms with E-state index in [4.69, 9.17) is 16.7 Å². The molecule has 6 heteroatoms. The van der Waals surface area contributed by atoms with Gasteiger partial charge in [-0.3, -0.25) is 4.79 Å². The van der Waals surface area contributed by atoms with Crippen molar-refractivity contribution in [2.75, 3.05) is 13.1 Å². The Bertz CT molecular complexity index is 784. The maximum Gasteiger partial charge on any atom is 0.335 e. The minimum atomic E-state index is -0.916. The van der Waals surface area contributed by atoms with Crippen LogP contribution in [-0.4, -0.2) is 39.5 Å². The van der Waals surface area contributed by atoms with E-state index in [1.54, 1.807) is 35.0 Å². The molecule has 2 aromatic rings. The first kappa shape index (κ1) is 16.6. The highest BCUT2D eigenvalue weighted by Crippen LogP contribution is 2.24. The molecule has 1 aromatic heterocycles. The van der Waals surface area contributed by atoms with Crippen LogP contribution in [0.4, 0.5) is 0 Å². The second-order valence-corrected chi connectivity index (χ2v) is 6.71. The monoisotopic (exact) mass is 346 g/mol. The normalized spacial score (nSPS) is 17.2. The van der Waals surface area contributed by atoms with E-state index in [1.165, 1.54) is 0 Å². The zero-order valence-electron chi connectivity index (χ0n) is 13.4. The number of rotatable bonds is 4. The molecule has 1 unspecified atom stereocenters. The summed E-state index contributed by atoms with van der Waals surface area (Å²) in [5, 5.41) is 9.63. The molecular formula is C18H19ClN2O3. The second kappa shape index (κ2) is 6.69. The van der Waals surface area contributed by atoms with Crippen LogP contribution in [0.5, 0.6) is 0 Å². The third kappa shape index (κ3) is 3.46. The second-order valence-electron chi connectivity index (χ2n) is 6.27. The zero-order chi connectivity index (χ0) is 17.3. The predicted octanol–water partition coefficient (Wildman–Crippen LogP) is 3.08. The van der Waals surface area contributed by atoms with Crippen molar-refractivity contribution in [2.24, 2.45) is 13.0 Å². The fourth-order valence-electron chi connectivity index (χ4n) is 3.25. The van der Waals surface area contributed by atoms with Crippen molar-refractivity contribution in [1.82, 2.24) is 9.47 Å². The molecule has 126 valence electrons. The summed E-state index contributed by atoms with van der Waals surface area (Å²) in [5.41, 5.74) is 1.89. The fraction of sp³-hybridized carbons (Fsp3) is 0.333. The smallest absolute Gasteiger partial charge is 0.335 e. The number of aromatic carboxylic acids is 1. The molecule has 3 rings (SSSR count). The molecule has 0 aliphatic carbocycles. The average Bonchev–Trinajstić information content (AvgIpc) is 3.13. The molecule has 1 atom stereocenters. The third-order valence-corrected chi connectivity index (χ3v) is 4.67. The van der Waals surface area contributed by atoms with Crippen molar-refractivity contribution in [3.8, 4) is 0 Å². The van der Waals surface area contributed by atoms with Gasteiger partial charge in [-0.15, -0.1) is 0 Å². The molecule has 5 nitrogen and oxygen atoms in total. The van der Waals surface area contributed by atoms with Gasteiger partial charge in [-0.1, -0.05) is 23.7 Å². The van der Waals surface area contributed by atoms with Crippen molar-refractivity contribution in [2.45, 2.75) is 12.8 Å². The molecule has 0 saturated carbocycles. The topological polar surface area (TPSA) is 62.5 Å². The van der Waals surface area contributed by atoms with Crippen molar-refractivity contribution in [1.29, 1.82) is 0 Å². The average molecular weight is 347 g/mol. The molecule has 2 heterocycles. The Morgan fingerprint density at radius 3 is 2.79 bits per heavy atom. The van der Waals surface area contributed by atoms with Gasteiger partial charge in [0.05, 0.1) is 10.6 Å². The number of amides is 1. The van der Waals surface area contributed by atoms with Gasteiger partial charge in [0, 0.05) is 26.3 Å². The number of nitrogens with zero attached hydrogens (tertiary/aromatic N) is 2. The molecule has 1 aliphatic heterocycles. The lowest BCUT2D eigenvalue weighted by molar-refractivity contribution is 0.0696. The Balaban J connectivity index is 1.65. The number of carbonyl (C=O) groups is 2. The van der Waals surface area contributed by atoms with E-state index in [1.807, 2.05) is 18.0 Å². The summed E-state index contributed by atoms with van der Waals surface area (Å²) < 4.78 is 1.74. The number of benzene rings is 1. The van der Waals surface area contributed by atoms with Crippen LogP contribution in [0.3, 0.4) is 0 Å². The SMILES string of the molecule is Cn1cc(Cl)cc1C(=O)N1CCC(Cc2cccc(C(=O)O)c2)C1. The minimum Gasteiger partial charge on any atom is -0.478 e. The largest absolute Gasteiger partial charge is 0.478 e. The number of hydrogen-bond acceptors (Lipinski definition) is 2. The first-order valence-corrected chi connectivity index (χ1v) is 8.25. The van der Waals surface area contributed by atoms with Crippen molar-refractivity contribution >= 4 is 23.5 Å². The van der Waals surface area contributed by atoms with Crippen LogP contribution >= 0.6 is 11.6 Å². The summed E-state index contributed by atoms with van der Waals surface area (Å²) in [7, 11) is 1.81. The van der Waals surface area contributed by atoms with Crippen LogP contribution in [0.1, 0.15) is 32.8 Å². The predicted molar refractivity (Wildman–Crippen MR) is 91.5 cm³/mol. The Kier molecular flexibility index (Phi) is 4.62. The minimum absolute atomic E-state index is 0.00816. The number of carboxylic acids is 1. The van der Waals surface area contributed by atoms with Crippen LogP contribution in [0.25, 0.3) is 0 Å². The molecule has 24 heavy (non-hydrogen) atoms. The molecule has 1 amide bonds. The third-order valence-electron chi connectivity index (χ3n) is 4.46. The lowest BCUT2D eigenvalue weighted by atomic mass is 9.97. The van der Waals surface area contributed by atoms with E-state index in [9.17, 15) is 9.59 Å². The first-order valence-electron chi connectivity index (χ1n) is 7.87. The van der Waals surface area contributed by atoms with Crippen LogP contribution in [0, 0.1) is 5.92 Å². The molecule has 1 saturated heterocycles. The quantitative estimate of drug-likeness (QED) is 0.925. The molecule has 1 N–H and O–H groups in total. The molecule has 1 fully saturated rings. The van der Waals surface area contributed by atoms with Crippen LogP contribution in [0.15, 0.2) is 36.5 Å². The molecule has 0 bridgehead atoms. The van der Waals surface area contributed by atoms with Crippen LogP contribution < -0.4 is 0 Å². The Morgan fingerprint density at radius 2 is 2.12 bits per heavy atom. The lowest BCUT2D eigenvalue weighted by Crippen LogP contribution is -2.30. The van der Waals surface area contributed by atoms with Gasteiger partial charge in [-0.05, 0) is 42.5 Å². The molecular weight excluding hydrogens is 328 g/mol. The number of aromatic nitrogens is 1. The molecule has 0 spiro atoms. The van der Waals surface area contributed by atoms with Crippen molar-refractivity contribution in [3.63, 3.8) is 0 Å². The number of carboxylic acid groups (broad SMARTS) is 1. The van der Waals surface area contributed by atoms with E-state index in [2.05, 4.69) is 0 Å². The van der Waals surface area contributed by atoms with Crippen molar-refractivity contribution in [3.05, 3.63) is 58.4 Å². The van der Waals surface area contributed by atoms with Gasteiger partial charge >= 0.3 is 5.97 Å². The lowest BCUT2D eigenvalue weighted by Gasteiger charge is -2.17. The highest BCUT2D eigenvalue weighted by molar-refractivity contribution is 6.31. The van der Waals surface area contributed by atoms with E-state index in [0.717, 1.165) is 18.4 Å². The molecule has 1 aliphatic rings. The van der Waals surface area contributed by atoms with Gasteiger partial charge in [0.15, 0.2) is 0 Å². The summed E-state index contributed by atoms with van der Waals surface area (Å²) in [4.78, 5) is 25.5. The Labute approximate surface area is 145 Å². The maximum atomic E-state index is 12.6. The van der Waals surface area contributed by atoms with Crippen LogP contribution in [0.2, 0.25) is 5.02 Å². The van der Waals surface area contributed by atoms with E-state index < -0.39 is 5.97 Å². The highest BCUT2D eigenvalue weighted by Gasteiger charge is 2.28. The summed E-state index contributed by atoms with van der Waals surface area (Å²) in [5.74, 6) is -0.583. The van der Waals surface area contributed by atoms with Crippen molar-refractivity contribution < 1.29 is 14.7 Å². The Hall–Kier alpha value is -2.27. The fourth-order valence-corrected chi connectivity index (χ4v) is 3.50. The zero-order valence-corrected chi connectivity index (χ0v) is 14.2. The number of aryl methyl sites for hydroxylation is 1. The van der Waals surface area contributed by atoms with E-state index >= 15 is 0 Å². The van der Waals surface area contributed by atoms with Gasteiger partial charge in [0.2, 0.25) is 0 Å². The Morgan fingerprint density at radius 1 is 1.33 bits per heavy atom. The van der Waals surface area contributed by atoms with Gasteiger partial charge in [-0.2, -0.15) is 0 Å². The van der Waals surface area contributed by atoms with Crippen LogP contribution in [-0.2, 0) is 13.5 Å². The summed E-state index contributed by atoms with van der Waals surface area (Å²) >= 11 is 5.95. The standard InChI is InChI=1S/C18H19ClN2O3/c1-20-11-15(19)9-16(20)17(22)21-6-5-13(10-21)7-12-3-2-4-14(8-12)18(23)24/h2-4,8-9,11,13H,5-7,10H2,1H3,(H,23,24). The van der Waals surface area contributed by atoms with E-state index in [-0.39, 0.29) is 5.91 Å². The van der Waals surface area contributed by atoms with Gasteiger partial charge in [0.1, 0.15) is 5.69 Å². The summed E-state index contributed by atoms with van der Waals surface area (Å²) in [6, 6.07) is 8.70. The van der Waals surface area contributed by atoms with Gasteiger partial charge in [0.25, 0.3) is 5.91 Å². The van der Waals surface area contributed by atoms with E-state index in [0.29, 0.717) is 35.3 Å². The van der Waals surface area contributed by atoms with Gasteiger partial charge in [-0.25, -0.2) is 4.79 Å². The number of halogens is 1. The summed E-state index contributed by atoms with van der Waals surface area (Å²) in [6.07, 6.45) is 3.42. The number of likely N-dealkylation sites (tertiary alicyclic amines) is 1.